The Morgan fingerprint density at radius 3 is 2.65 bits per heavy atom. The van der Waals surface area contributed by atoms with Crippen LogP contribution in [0.3, 0.4) is 0 Å². The van der Waals surface area contributed by atoms with Crippen LogP contribution in [0.4, 0.5) is 5.82 Å². The number of hydrogen-bond acceptors (Lipinski definition) is 3. The third-order valence-electron chi connectivity index (χ3n) is 2.63. The summed E-state index contributed by atoms with van der Waals surface area (Å²) in [7, 11) is 0. The van der Waals surface area contributed by atoms with E-state index in [-0.39, 0.29) is 0 Å². The molecule has 2 aromatic rings. The maximum absolute atomic E-state index is 6.03. The second-order valence-electron chi connectivity index (χ2n) is 4.02. The van der Waals surface area contributed by atoms with Gasteiger partial charge in [0.15, 0.2) is 0 Å². The van der Waals surface area contributed by atoms with Crippen LogP contribution in [0.2, 0.25) is 5.15 Å². The molecule has 0 aliphatic heterocycles. The highest BCUT2D eigenvalue weighted by Gasteiger charge is 2.11. The zero-order chi connectivity index (χ0) is 12.3. The first kappa shape index (κ1) is 12.2. The molecule has 0 aromatic carbocycles. The molecule has 0 unspecified atom stereocenters. The smallest absolute Gasteiger partial charge is 0.236 e. The zero-order valence-electron chi connectivity index (χ0n) is 10.2. The Morgan fingerprint density at radius 1 is 1.29 bits per heavy atom. The second-order valence-corrected chi connectivity index (χ2v) is 4.41. The van der Waals surface area contributed by atoms with E-state index >= 15 is 0 Å². The van der Waals surface area contributed by atoms with Gasteiger partial charge in [0.1, 0.15) is 11.0 Å². The van der Waals surface area contributed by atoms with Gasteiger partial charge in [-0.2, -0.15) is 0 Å². The molecule has 0 fully saturated rings. The molecule has 0 aliphatic rings. The minimum atomic E-state index is 0.496. The molecule has 0 bridgehead atoms. The predicted octanol–water partition coefficient (Wildman–Crippen LogP) is 3.01. The maximum atomic E-state index is 6.03. The Balaban J connectivity index is 2.46. The van der Waals surface area contributed by atoms with Crippen LogP contribution in [0.5, 0.6) is 0 Å². The van der Waals surface area contributed by atoms with E-state index in [1.165, 1.54) is 0 Å². The van der Waals surface area contributed by atoms with Gasteiger partial charge in [-0.3, -0.25) is 4.40 Å². The van der Waals surface area contributed by atoms with E-state index in [0.29, 0.717) is 10.9 Å². The van der Waals surface area contributed by atoms with Crippen LogP contribution in [-0.2, 0) is 0 Å². The Morgan fingerprint density at radius 2 is 2.00 bits per heavy atom. The van der Waals surface area contributed by atoms with E-state index in [4.69, 9.17) is 11.6 Å². The standard InChI is InChI=1S/C12H17ClN4/c1-3-6-16(7-4-2)11-9-10(13)15-12-14-5-8-17(11)12/h5,8-9H,3-4,6-7H2,1-2H3. The summed E-state index contributed by atoms with van der Waals surface area (Å²) in [6.07, 6.45) is 5.89. The highest BCUT2D eigenvalue weighted by Crippen LogP contribution is 2.20. The molecular weight excluding hydrogens is 236 g/mol. The van der Waals surface area contributed by atoms with Gasteiger partial charge in [0.05, 0.1) is 0 Å². The number of hydrogen-bond donors (Lipinski definition) is 0. The monoisotopic (exact) mass is 252 g/mol. The van der Waals surface area contributed by atoms with Gasteiger partial charge in [0.25, 0.3) is 0 Å². The van der Waals surface area contributed by atoms with E-state index in [2.05, 4.69) is 28.7 Å². The van der Waals surface area contributed by atoms with Gasteiger partial charge in [0, 0.05) is 31.5 Å². The van der Waals surface area contributed by atoms with Crippen molar-refractivity contribution in [3.63, 3.8) is 0 Å². The molecule has 2 heterocycles. The largest absolute Gasteiger partial charge is 0.358 e. The fourth-order valence-electron chi connectivity index (χ4n) is 1.99. The first-order valence-corrected chi connectivity index (χ1v) is 6.38. The van der Waals surface area contributed by atoms with Crippen LogP contribution in [0, 0.1) is 0 Å². The molecule has 2 rings (SSSR count). The van der Waals surface area contributed by atoms with Crippen LogP contribution in [0.1, 0.15) is 26.7 Å². The Labute approximate surface area is 106 Å². The summed E-state index contributed by atoms with van der Waals surface area (Å²) < 4.78 is 1.98. The summed E-state index contributed by atoms with van der Waals surface area (Å²) in [4.78, 5) is 10.7. The van der Waals surface area contributed by atoms with Gasteiger partial charge < -0.3 is 4.90 Å². The maximum Gasteiger partial charge on any atom is 0.236 e. The molecule has 5 heteroatoms. The lowest BCUT2D eigenvalue weighted by molar-refractivity contribution is 0.727. The lowest BCUT2D eigenvalue weighted by Gasteiger charge is -2.24. The first-order valence-electron chi connectivity index (χ1n) is 6.00. The van der Waals surface area contributed by atoms with Crippen LogP contribution >= 0.6 is 11.6 Å². The normalized spacial score (nSPS) is 11.0. The van der Waals surface area contributed by atoms with E-state index in [9.17, 15) is 0 Å². The summed E-state index contributed by atoms with van der Waals surface area (Å²) in [5, 5.41) is 0.496. The Bertz CT molecular complexity index is 488. The highest BCUT2D eigenvalue weighted by molar-refractivity contribution is 6.29. The summed E-state index contributed by atoms with van der Waals surface area (Å²) >= 11 is 6.03. The van der Waals surface area contributed by atoms with Crippen molar-refractivity contribution in [3.8, 4) is 0 Å². The molecular formula is C12H17ClN4. The first-order chi connectivity index (χ1) is 8.26. The summed E-state index contributed by atoms with van der Waals surface area (Å²) in [6.45, 7) is 6.38. The van der Waals surface area contributed by atoms with Gasteiger partial charge >= 0.3 is 0 Å². The molecule has 4 nitrogen and oxygen atoms in total. The van der Waals surface area contributed by atoms with Crippen LogP contribution in [0.25, 0.3) is 5.78 Å². The number of fused-ring (bicyclic) bond motifs is 1. The summed E-state index contributed by atoms with van der Waals surface area (Å²) in [5.41, 5.74) is 0. The van der Waals surface area contributed by atoms with Crippen molar-refractivity contribution >= 4 is 23.2 Å². The SMILES string of the molecule is CCCN(CCC)c1cc(Cl)nc2nccn12. The van der Waals surface area contributed by atoms with E-state index in [1.54, 1.807) is 6.20 Å². The molecule has 0 radical (unpaired) electrons. The van der Waals surface area contributed by atoms with Crippen molar-refractivity contribution in [1.29, 1.82) is 0 Å². The van der Waals surface area contributed by atoms with Gasteiger partial charge in [-0.05, 0) is 12.8 Å². The Kier molecular flexibility index (Phi) is 3.84. The van der Waals surface area contributed by atoms with Crippen molar-refractivity contribution in [2.45, 2.75) is 26.7 Å². The molecule has 92 valence electrons. The topological polar surface area (TPSA) is 33.4 Å². The van der Waals surface area contributed by atoms with Crippen molar-refractivity contribution in [2.24, 2.45) is 0 Å². The Hall–Kier alpha value is -1.29. The van der Waals surface area contributed by atoms with Crippen molar-refractivity contribution < 1.29 is 0 Å². The molecule has 0 amide bonds. The van der Waals surface area contributed by atoms with Gasteiger partial charge in [-0.15, -0.1) is 0 Å². The number of halogens is 1. The van der Waals surface area contributed by atoms with Gasteiger partial charge in [-0.25, -0.2) is 9.97 Å². The average molecular weight is 253 g/mol. The molecule has 0 N–H and O–H groups in total. The molecule has 0 saturated carbocycles. The highest BCUT2D eigenvalue weighted by atomic mass is 35.5. The number of imidazole rings is 1. The second kappa shape index (κ2) is 5.36. The lowest BCUT2D eigenvalue weighted by atomic mass is 10.3. The predicted molar refractivity (Wildman–Crippen MR) is 70.8 cm³/mol. The van der Waals surface area contributed by atoms with E-state index < -0.39 is 0 Å². The molecule has 0 saturated heterocycles. The third kappa shape index (κ3) is 2.52. The molecule has 0 aliphatic carbocycles. The molecule has 0 spiro atoms. The van der Waals surface area contributed by atoms with E-state index in [0.717, 1.165) is 31.7 Å². The fourth-order valence-corrected chi connectivity index (χ4v) is 2.16. The van der Waals surface area contributed by atoms with E-state index in [1.807, 2.05) is 16.7 Å². The minimum absolute atomic E-state index is 0.496. The molecule has 2 aromatic heterocycles. The lowest BCUT2D eigenvalue weighted by Crippen LogP contribution is -2.27. The molecule has 17 heavy (non-hydrogen) atoms. The quantitative estimate of drug-likeness (QED) is 0.767. The summed E-state index contributed by atoms with van der Waals surface area (Å²) in [5.74, 6) is 1.73. The third-order valence-corrected chi connectivity index (χ3v) is 2.83. The van der Waals surface area contributed by atoms with Crippen LogP contribution in [-0.4, -0.2) is 27.5 Å². The minimum Gasteiger partial charge on any atom is -0.358 e. The fraction of sp³-hybridized carbons (Fsp3) is 0.500. The average Bonchev–Trinajstić information content (AvgIpc) is 2.75. The zero-order valence-corrected chi connectivity index (χ0v) is 11.0. The van der Waals surface area contributed by atoms with Gasteiger partial charge in [-0.1, -0.05) is 25.4 Å². The number of anilines is 1. The summed E-state index contributed by atoms with van der Waals surface area (Å²) in [6, 6.07) is 1.90. The van der Waals surface area contributed by atoms with Crippen molar-refractivity contribution in [2.75, 3.05) is 18.0 Å². The van der Waals surface area contributed by atoms with Crippen LogP contribution < -0.4 is 4.90 Å². The van der Waals surface area contributed by atoms with Crippen LogP contribution in [0.15, 0.2) is 18.5 Å². The number of rotatable bonds is 5. The number of nitrogens with zero attached hydrogens (tertiary/aromatic N) is 4. The van der Waals surface area contributed by atoms with Crippen molar-refractivity contribution in [1.82, 2.24) is 14.4 Å². The van der Waals surface area contributed by atoms with Gasteiger partial charge in [0.2, 0.25) is 5.78 Å². The van der Waals surface area contributed by atoms with Crippen molar-refractivity contribution in [3.05, 3.63) is 23.6 Å². The number of aromatic nitrogens is 3. The molecule has 0 atom stereocenters.